The van der Waals surface area contributed by atoms with Crippen LogP contribution in [0.3, 0.4) is 0 Å². The highest BCUT2D eigenvalue weighted by Crippen LogP contribution is 2.32. The molecule has 2 aromatic heterocycles. The molecule has 0 aliphatic carbocycles. The van der Waals surface area contributed by atoms with E-state index < -0.39 is 0 Å². The van der Waals surface area contributed by atoms with Crippen molar-refractivity contribution in [2.75, 3.05) is 13.7 Å². The number of allylic oxidation sites excluding steroid dienone is 1. The molecule has 0 amide bonds. The van der Waals surface area contributed by atoms with Crippen LogP contribution in [0, 0.1) is 11.3 Å². The molecule has 0 fully saturated rings. The van der Waals surface area contributed by atoms with E-state index in [0.717, 1.165) is 22.6 Å². The Morgan fingerprint density at radius 2 is 2.15 bits per heavy atom. The molecule has 0 radical (unpaired) electrons. The fraction of sp³-hybridized carbons (Fsp3) is 0.200. The van der Waals surface area contributed by atoms with Crippen molar-refractivity contribution in [3.63, 3.8) is 0 Å². The SMILES string of the molecule is CCCOc1cc(/C=C(/C#N)c2nc(-c3cccs3)cs2)ccc1OC. The summed E-state index contributed by atoms with van der Waals surface area (Å²) in [6.07, 6.45) is 2.74. The molecule has 0 atom stereocenters. The van der Waals surface area contributed by atoms with Gasteiger partial charge in [-0.3, -0.25) is 0 Å². The van der Waals surface area contributed by atoms with Gasteiger partial charge in [0.25, 0.3) is 0 Å². The fourth-order valence-corrected chi connectivity index (χ4v) is 3.90. The van der Waals surface area contributed by atoms with Crippen molar-refractivity contribution in [2.24, 2.45) is 0 Å². The minimum atomic E-state index is 0.532. The molecule has 0 aliphatic heterocycles. The highest BCUT2D eigenvalue weighted by molar-refractivity contribution is 7.14. The van der Waals surface area contributed by atoms with Crippen molar-refractivity contribution in [1.82, 2.24) is 4.98 Å². The summed E-state index contributed by atoms with van der Waals surface area (Å²) in [5.41, 5.74) is 2.31. The molecule has 0 N–H and O–H groups in total. The van der Waals surface area contributed by atoms with Gasteiger partial charge in [-0.05, 0) is 41.6 Å². The number of methoxy groups -OCH3 is 1. The van der Waals surface area contributed by atoms with Crippen LogP contribution in [-0.2, 0) is 0 Å². The Balaban J connectivity index is 1.91. The Morgan fingerprint density at radius 3 is 2.85 bits per heavy atom. The molecule has 132 valence electrons. The minimum Gasteiger partial charge on any atom is -0.493 e. The summed E-state index contributed by atoms with van der Waals surface area (Å²) in [4.78, 5) is 5.71. The van der Waals surface area contributed by atoms with Crippen LogP contribution in [0.1, 0.15) is 23.9 Å². The number of thiophene rings is 1. The van der Waals surface area contributed by atoms with Crippen LogP contribution in [0.4, 0.5) is 0 Å². The third kappa shape index (κ3) is 4.13. The minimum absolute atomic E-state index is 0.532. The van der Waals surface area contributed by atoms with Gasteiger partial charge in [0.2, 0.25) is 0 Å². The second-order valence-electron chi connectivity index (χ2n) is 5.44. The second-order valence-corrected chi connectivity index (χ2v) is 7.25. The second kappa shape index (κ2) is 8.65. The van der Waals surface area contributed by atoms with E-state index in [2.05, 4.69) is 18.0 Å². The zero-order valence-corrected chi connectivity index (χ0v) is 16.2. The van der Waals surface area contributed by atoms with Gasteiger partial charge in [0.05, 0.1) is 29.9 Å². The standard InChI is InChI=1S/C20H18N2O2S2/c1-3-8-24-18-11-14(6-7-17(18)23-2)10-15(12-21)20-22-16(13-26-20)19-5-4-9-25-19/h4-7,9-11,13H,3,8H2,1-2H3/b15-10-. The van der Waals surface area contributed by atoms with E-state index in [1.807, 2.05) is 47.2 Å². The number of nitriles is 1. The van der Waals surface area contributed by atoms with Crippen molar-refractivity contribution in [3.8, 4) is 28.1 Å². The summed E-state index contributed by atoms with van der Waals surface area (Å²) in [5.74, 6) is 1.36. The number of aromatic nitrogens is 1. The summed E-state index contributed by atoms with van der Waals surface area (Å²) in [7, 11) is 1.62. The Kier molecular flexibility index (Phi) is 6.05. The number of nitrogens with zero attached hydrogens (tertiary/aromatic N) is 2. The monoisotopic (exact) mass is 382 g/mol. The number of ether oxygens (including phenoxy) is 2. The lowest BCUT2D eigenvalue weighted by atomic mass is 10.1. The summed E-state index contributed by atoms with van der Waals surface area (Å²) >= 11 is 3.11. The molecule has 0 spiro atoms. The molecule has 0 saturated heterocycles. The third-order valence-corrected chi connectivity index (χ3v) is 5.36. The third-order valence-electron chi connectivity index (χ3n) is 3.59. The van der Waals surface area contributed by atoms with E-state index in [1.54, 1.807) is 18.4 Å². The zero-order valence-electron chi connectivity index (χ0n) is 14.6. The molecule has 0 bridgehead atoms. The molecule has 0 unspecified atom stereocenters. The maximum Gasteiger partial charge on any atom is 0.161 e. The Morgan fingerprint density at radius 1 is 1.27 bits per heavy atom. The predicted octanol–water partition coefficient (Wildman–Crippen LogP) is 5.73. The van der Waals surface area contributed by atoms with Crippen molar-refractivity contribution in [3.05, 3.63) is 51.7 Å². The highest BCUT2D eigenvalue weighted by atomic mass is 32.1. The molecule has 4 nitrogen and oxygen atoms in total. The lowest BCUT2D eigenvalue weighted by Gasteiger charge is -2.10. The average molecular weight is 383 g/mol. The van der Waals surface area contributed by atoms with E-state index in [-0.39, 0.29) is 0 Å². The van der Waals surface area contributed by atoms with Crippen molar-refractivity contribution in [2.45, 2.75) is 13.3 Å². The topological polar surface area (TPSA) is 55.1 Å². The van der Waals surface area contributed by atoms with Crippen LogP contribution in [0.15, 0.2) is 41.1 Å². The molecule has 0 aliphatic rings. The molecule has 6 heteroatoms. The molecule has 3 aromatic rings. The van der Waals surface area contributed by atoms with Gasteiger partial charge in [-0.25, -0.2) is 4.98 Å². The van der Waals surface area contributed by atoms with Crippen LogP contribution >= 0.6 is 22.7 Å². The van der Waals surface area contributed by atoms with Crippen LogP contribution in [0.5, 0.6) is 11.5 Å². The lowest BCUT2D eigenvalue weighted by Crippen LogP contribution is -1.98. The smallest absolute Gasteiger partial charge is 0.161 e. The summed E-state index contributed by atoms with van der Waals surface area (Å²) in [5, 5.41) is 14.3. The van der Waals surface area contributed by atoms with Gasteiger partial charge in [0.1, 0.15) is 11.1 Å². The Bertz CT molecular complexity index is 937. The van der Waals surface area contributed by atoms with Gasteiger partial charge in [0, 0.05) is 5.38 Å². The first kappa shape index (κ1) is 18.2. The first-order valence-electron chi connectivity index (χ1n) is 8.17. The van der Waals surface area contributed by atoms with E-state index in [0.29, 0.717) is 28.7 Å². The van der Waals surface area contributed by atoms with Crippen LogP contribution in [-0.4, -0.2) is 18.7 Å². The summed E-state index contributed by atoms with van der Waals surface area (Å²) in [6.45, 7) is 2.67. The van der Waals surface area contributed by atoms with Crippen LogP contribution in [0.25, 0.3) is 22.2 Å². The zero-order chi connectivity index (χ0) is 18.4. The molecule has 2 heterocycles. The van der Waals surface area contributed by atoms with Crippen LogP contribution in [0.2, 0.25) is 0 Å². The quantitative estimate of drug-likeness (QED) is 0.489. The van der Waals surface area contributed by atoms with Crippen LogP contribution < -0.4 is 9.47 Å². The normalized spacial score (nSPS) is 11.2. The largest absolute Gasteiger partial charge is 0.493 e. The highest BCUT2D eigenvalue weighted by Gasteiger charge is 2.11. The predicted molar refractivity (Wildman–Crippen MR) is 108 cm³/mol. The first-order valence-corrected chi connectivity index (χ1v) is 9.93. The first-order chi connectivity index (χ1) is 12.7. The Labute approximate surface area is 161 Å². The number of hydrogen-bond acceptors (Lipinski definition) is 6. The molecule has 1 aromatic carbocycles. The van der Waals surface area contributed by atoms with E-state index >= 15 is 0 Å². The van der Waals surface area contributed by atoms with Crippen molar-refractivity contribution < 1.29 is 9.47 Å². The number of rotatable bonds is 7. The van der Waals surface area contributed by atoms with E-state index in [4.69, 9.17) is 9.47 Å². The summed E-state index contributed by atoms with van der Waals surface area (Å²) in [6, 6.07) is 11.9. The molecule has 3 rings (SSSR count). The molecule has 0 saturated carbocycles. The Hall–Kier alpha value is -2.62. The summed E-state index contributed by atoms with van der Waals surface area (Å²) < 4.78 is 11.1. The fourth-order valence-electron chi connectivity index (χ4n) is 2.35. The lowest BCUT2D eigenvalue weighted by molar-refractivity contribution is 0.294. The number of thiazole rings is 1. The van der Waals surface area contributed by atoms with Gasteiger partial charge < -0.3 is 9.47 Å². The van der Waals surface area contributed by atoms with Crippen molar-refractivity contribution in [1.29, 1.82) is 5.26 Å². The maximum atomic E-state index is 9.59. The average Bonchev–Trinajstić information content (AvgIpc) is 3.35. The number of benzene rings is 1. The maximum absolute atomic E-state index is 9.59. The number of hydrogen-bond donors (Lipinski definition) is 0. The van der Waals surface area contributed by atoms with E-state index in [1.165, 1.54) is 11.3 Å². The van der Waals surface area contributed by atoms with E-state index in [9.17, 15) is 5.26 Å². The van der Waals surface area contributed by atoms with Gasteiger partial charge >= 0.3 is 0 Å². The van der Waals surface area contributed by atoms with Gasteiger partial charge in [-0.1, -0.05) is 19.1 Å². The van der Waals surface area contributed by atoms with Gasteiger partial charge in [-0.2, -0.15) is 5.26 Å². The molecule has 26 heavy (non-hydrogen) atoms. The van der Waals surface area contributed by atoms with Gasteiger partial charge in [0.15, 0.2) is 11.5 Å². The molecular formula is C20H18N2O2S2. The molecular weight excluding hydrogens is 364 g/mol. The van der Waals surface area contributed by atoms with Crippen molar-refractivity contribution >= 4 is 34.3 Å². The van der Waals surface area contributed by atoms with Gasteiger partial charge in [-0.15, -0.1) is 22.7 Å².